The molecule has 3 aromatic rings. The van der Waals surface area contributed by atoms with Gasteiger partial charge in [0, 0.05) is 11.1 Å². The lowest BCUT2D eigenvalue weighted by molar-refractivity contribution is 0.0955. The lowest BCUT2D eigenvalue weighted by Crippen LogP contribution is -2.17. The normalized spacial score (nSPS) is 10.9. The van der Waals surface area contributed by atoms with Gasteiger partial charge in [-0.25, -0.2) is 10.4 Å². The van der Waals surface area contributed by atoms with Crippen LogP contribution in [0.2, 0.25) is 0 Å². The van der Waals surface area contributed by atoms with Crippen molar-refractivity contribution in [1.29, 1.82) is 0 Å². The Balaban J connectivity index is 1.76. The van der Waals surface area contributed by atoms with Crippen molar-refractivity contribution in [1.82, 2.24) is 10.4 Å². The third-order valence-electron chi connectivity index (χ3n) is 3.73. The SMILES string of the molecule is COc1cc(/C=N\NC(=O)c2ccc3nc(N)sc3c2)cc(OC)c1OC. The second-order valence-electron chi connectivity index (χ2n) is 5.39. The minimum absolute atomic E-state index is 0.340. The van der Waals surface area contributed by atoms with Crippen molar-refractivity contribution >= 4 is 38.8 Å². The van der Waals surface area contributed by atoms with E-state index in [1.54, 1.807) is 30.3 Å². The summed E-state index contributed by atoms with van der Waals surface area (Å²) in [7, 11) is 4.59. The van der Waals surface area contributed by atoms with E-state index < -0.39 is 0 Å². The van der Waals surface area contributed by atoms with E-state index in [9.17, 15) is 4.79 Å². The van der Waals surface area contributed by atoms with Crippen LogP contribution in [0.5, 0.6) is 17.2 Å². The zero-order valence-corrected chi connectivity index (χ0v) is 15.8. The summed E-state index contributed by atoms with van der Waals surface area (Å²) in [6, 6.07) is 8.60. The number of carbonyl (C=O) groups is 1. The van der Waals surface area contributed by atoms with Gasteiger partial charge in [0.2, 0.25) is 5.75 Å². The van der Waals surface area contributed by atoms with Gasteiger partial charge in [-0.05, 0) is 30.3 Å². The lowest BCUT2D eigenvalue weighted by Gasteiger charge is -2.12. The van der Waals surface area contributed by atoms with Crippen molar-refractivity contribution in [3.8, 4) is 17.2 Å². The third-order valence-corrected chi connectivity index (χ3v) is 4.58. The van der Waals surface area contributed by atoms with Gasteiger partial charge in [0.05, 0.1) is 37.8 Å². The molecular weight excluding hydrogens is 368 g/mol. The fourth-order valence-corrected chi connectivity index (χ4v) is 3.26. The first-order valence-corrected chi connectivity index (χ1v) is 8.67. The molecule has 0 saturated heterocycles. The highest BCUT2D eigenvalue weighted by molar-refractivity contribution is 7.22. The van der Waals surface area contributed by atoms with Crippen LogP contribution in [0.25, 0.3) is 10.2 Å². The van der Waals surface area contributed by atoms with Crippen LogP contribution >= 0.6 is 11.3 Å². The number of nitrogens with one attached hydrogen (secondary N) is 1. The zero-order valence-electron chi connectivity index (χ0n) is 15.0. The van der Waals surface area contributed by atoms with E-state index in [4.69, 9.17) is 19.9 Å². The summed E-state index contributed by atoms with van der Waals surface area (Å²) < 4.78 is 16.7. The molecule has 1 heterocycles. The number of aromatic nitrogens is 1. The van der Waals surface area contributed by atoms with E-state index in [0.29, 0.717) is 33.5 Å². The van der Waals surface area contributed by atoms with Crippen molar-refractivity contribution in [2.45, 2.75) is 0 Å². The second kappa shape index (κ2) is 7.92. The summed E-state index contributed by atoms with van der Waals surface area (Å²) >= 11 is 1.32. The van der Waals surface area contributed by atoms with Gasteiger partial charge in [-0.3, -0.25) is 4.79 Å². The Hall–Kier alpha value is -3.33. The van der Waals surface area contributed by atoms with Crippen molar-refractivity contribution in [3.63, 3.8) is 0 Å². The van der Waals surface area contributed by atoms with E-state index in [1.165, 1.54) is 38.9 Å². The fourth-order valence-electron chi connectivity index (χ4n) is 2.49. The predicted octanol–water partition coefficient (Wildman–Crippen LogP) is 2.67. The van der Waals surface area contributed by atoms with Crippen LogP contribution in [-0.2, 0) is 0 Å². The summed E-state index contributed by atoms with van der Waals surface area (Å²) in [5.74, 6) is 1.14. The molecule has 140 valence electrons. The van der Waals surface area contributed by atoms with Gasteiger partial charge in [0.15, 0.2) is 16.6 Å². The number of fused-ring (bicyclic) bond motifs is 1. The number of carbonyl (C=O) groups excluding carboxylic acids is 1. The smallest absolute Gasteiger partial charge is 0.271 e. The van der Waals surface area contributed by atoms with Gasteiger partial charge in [0.25, 0.3) is 5.91 Å². The van der Waals surface area contributed by atoms with Crippen LogP contribution in [-0.4, -0.2) is 38.4 Å². The Labute approximate surface area is 159 Å². The Morgan fingerprint density at radius 1 is 1.15 bits per heavy atom. The molecule has 0 atom stereocenters. The lowest BCUT2D eigenvalue weighted by atomic mass is 10.2. The maximum absolute atomic E-state index is 12.3. The number of anilines is 1. The summed E-state index contributed by atoms with van der Waals surface area (Å²) in [4.78, 5) is 16.5. The minimum Gasteiger partial charge on any atom is -0.493 e. The Morgan fingerprint density at radius 3 is 2.48 bits per heavy atom. The van der Waals surface area contributed by atoms with E-state index in [2.05, 4.69) is 15.5 Å². The quantitative estimate of drug-likeness (QED) is 0.498. The van der Waals surface area contributed by atoms with Crippen molar-refractivity contribution in [3.05, 3.63) is 41.5 Å². The number of nitrogens with zero attached hydrogens (tertiary/aromatic N) is 2. The van der Waals surface area contributed by atoms with Gasteiger partial charge >= 0.3 is 0 Å². The van der Waals surface area contributed by atoms with Gasteiger partial charge in [0.1, 0.15) is 0 Å². The molecule has 0 radical (unpaired) electrons. The standard InChI is InChI=1S/C18H18N4O4S/c1-24-13-6-10(7-14(25-2)16(13)26-3)9-20-22-17(23)11-4-5-12-15(8-11)27-18(19)21-12/h4-9H,1-3H3,(H2,19,21)(H,22,23)/b20-9-. The molecule has 27 heavy (non-hydrogen) atoms. The van der Waals surface area contributed by atoms with Gasteiger partial charge < -0.3 is 19.9 Å². The second-order valence-corrected chi connectivity index (χ2v) is 6.45. The van der Waals surface area contributed by atoms with Gasteiger partial charge in [-0.2, -0.15) is 5.10 Å². The minimum atomic E-state index is -0.340. The van der Waals surface area contributed by atoms with Crippen LogP contribution in [0.1, 0.15) is 15.9 Å². The van der Waals surface area contributed by atoms with Crippen LogP contribution in [0.15, 0.2) is 35.4 Å². The van der Waals surface area contributed by atoms with E-state index in [1.807, 2.05) is 0 Å². The van der Waals surface area contributed by atoms with Crippen LogP contribution < -0.4 is 25.4 Å². The maximum atomic E-state index is 12.3. The average Bonchev–Trinajstić information content (AvgIpc) is 3.06. The molecule has 2 aromatic carbocycles. The molecule has 0 aliphatic carbocycles. The molecule has 1 amide bonds. The number of nitrogens with two attached hydrogens (primary N) is 1. The van der Waals surface area contributed by atoms with E-state index in [-0.39, 0.29) is 5.91 Å². The molecule has 0 aliphatic heterocycles. The molecule has 8 nitrogen and oxygen atoms in total. The van der Waals surface area contributed by atoms with Crippen LogP contribution in [0.3, 0.4) is 0 Å². The molecule has 0 aliphatic rings. The average molecular weight is 386 g/mol. The number of methoxy groups -OCH3 is 3. The Bertz CT molecular complexity index is 991. The first-order chi connectivity index (χ1) is 13.0. The molecule has 9 heteroatoms. The molecular formula is C18H18N4O4S. The highest BCUT2D eigenvalue weighted by Gasteiger charge is 2.12. The summed E-state index contributed by atoms with van der Waals surface area (Å²) in [6.07, 6.45) is 1.49. The number of ether oxygens (including phenoxy) is 3. The maximum Gasteiger partial charge on any atom is 0.271 e. The van der Waals surface area contributed by atoms with E-state index in [0.717, 1.165) is 10.2 Å². The molecule has 0 fully saturated rings. The largest absolute Gasteiger partial charge is 0.493 e. The number of rotatable bonds is 6. The summed E-state index contributed by atoms with van der Waals surface area (Å²) in [5, 5.41) is 4.46. The van der Waals surface area contributed by atoms with Gasteiger partial charge in [-0.15, -0.1) is 0 Å². The highest BCUT2D eigenvalue weighted by Crippen LogP contribution is 2.37. The number of thiazole rings is 1. The molecule has 0 spiro atoms. The summed E-state index contributed by atoms with van der Waals surface area (Å²) in [5.41, 5.74) is 10.1. The number of hydrogen-bond acceptors (Lipinski definition) is 8. The number of hydrazone groups is 1. The monoisotopic (exact) mass is 386 g/mol. The topological polar surface area (TPSA) is 108 Å². The zero-order chi connectivity index (χ0) is 19.4. The number of nitrogen functional groups attached to an aromatic ring is 1. The third kappa shape index (κ3) is 3.93. The number of amides is 1. The predicted molar refractivity (Wildman–Crippen MR) is 105 cm³/mol. The molecule has 1 aromatic heterocycles. The van der Waals surface area contributed by atoms with E-state index >= 15 is 0 Å². The van der Waals surface area contributed by atoms with Crippen molar-refractivity contribution in [2.24, 2.45) is 5.10 Å². The Kier molecular flexibility index (Phi) is 5.41. The molecule has 3 N–H and O–H groups in total. The molecule has 3 rings (SSSR count). The molecule has 0 saturated carbocycles. The van der Waals surface area contributed by atoms with Crippen molar-refractivity contribution in [2.75, 3.05) is 27.1 Å². The van der Waals surface area contributed by atoms with Crippen LogP contribution in [0.4, 0.5) is 5.13 Å². The van der Waals surface area contributed by atoms with Crippen molar-refractivity contribution < 1.29 is 19.0 Å². The number of hydrogen-bond donors (Lipinski definition) is 2. The first-order valence-electron chi connectivity index (χ1n) is 7.85. The number of benzene rings is 2. The fraction of sp³-hybridized carbons (Fsp3) is 0.167. The van der Waals surface area contributed by atoms with Gasteiger partial charge in [-0.1, -0.05) is 11.3 Å². The molecule has 0 bridgehead atoms. The van der Waals surface area contributed by atoms with Crippen LogP contribution in [0, 0.1) is 0 Å². The first kappa shape index (κ1) is 18.5. The molecule has 0 unspecified atom stereocenters. The summed E-state index contributed by atoms with van der Waals surface area (Å²) in [6.45, 7) is 0. The highest BCUT2D eigenvalue weighted by atomic mass is 32.1. The Morgan fingerprint density at radius 2 is 1.85 bits per heavy atom.